The van der Waals surface area contributed by atoms with E-state index >= 15 is 0 Å². The van der Waals surface area contributed by atoms with Gasteiger partial charge in [0.15, 0.2) is 0 Å². The zero-order chi connectivity index (χ0) is 26.7. The molecule has 41 heavy (non-hydrogen) atoms. The molecule has 1 saturated carbocycles. The summed E-state index contributed by atoms with van der Waals surface area (Å²) in [5, 5.41) is 10.5. The summed E-state index contributed by atoms with van der Waals surface area (Å²) in [6, 6.07) is 47.2. The Bertz CT molecular complexity index is 2520. The first-order chi connectivity index (χ1) is 20.3. The van der Waals surface area contributed by atoms with Crippen LogP contribution in [-0.4, -0.2) is 9.13 Å². The molecular weight excluding hydrogens is 496 g/mol. The second kappa shape index (κ2) is 7.77. The van der Waals surface area contributed by atoms with E-state index in [2.05, 4.69) is 143 Å². The first-order valence-electron chi connectivity index (χ1n) is 14.6. The smallest absolute Gasteiger partial charge is 0.0549 e. The predicted octanol–water partition coefficient (Wildman–Crippen LogP) is 8.13. The molecule has 0 bridgehead atoms. The average molecular weight is 523 g/mol. The van der Waals surface area contributed by atoms with Crippen LogP contribution in [0, 0.1) is 11.8 Å². The number of nitrogens with zero attached hydrogens (tertiary/aromatic N) is 2. The number of hydrogen-bond donors (Lipinski definition) is 0. The summed E-state index contributed by atoms with van der Waals surface area (Å²) in [6.07, 6.45) is 3.73. The summed E-state index contributed by atoms with van der Waals surface area (Å²) in [5.74, 6) is 1.23. The molecular formula is C39H26N2. The molecule has 2 unspecified atom stereocenters. The summed E-state index contributed by atoms with van der Waals surface area (Å²) in [6.45, 7) is 0. The fraction of sp³-hybridized carbons (Fsp3) is 0.0769. The minimum Gasteiger partial charge on any atom is -0.312 e. The van der Waals surface area contributed by atoms with E-state index in [0.29, 0.717) is 11.8 Å². The van der Waals surface area contributed by atoms with Crippen LogP contribution in [-0.2, 0) is 0 Å². The third kappa shape index (κ3) is 2.87. The SMILES string of the molecule is C1=c2ccccc2=C(n2c3ccccc3c3cc4c(cc32)c2ccccc2n4-c2cccc3ccccc23)C2CC12. The Morgan fingerprint density at radius 1 is 0.488 bits per heavy atom. The first kappa shape index (κ1) is 21.7. The van der Waals surface area contributed by atoms with Crippen molar-refractivity contribution in [2.45, 2.75) is 6.42 Å². The van der Waals surface area contributed by atoms with Gasteiger partial charge in [0.1, 0.15) is 0 Å². The van der Waals surface area contributed by atoms with Crippen molar-refractivity contribution in [3.63, 3.8) is 0 Å². The zero-order valence-corrected chi connectivity index (χ0v) is 22.5. The van der Waals surface area contributed by atoms with E-state index in [4.69, 9.17) is 0 Å². The lowest BCUT2D eigenvalue weighted by molar-refractivity contribution is 0.943. The highest BCUT2D eigenvalue weighted by molar-refractivity contribution is 6.19. The number of rotatable bonds is 2. The fourth-order valence-electron chi connectivity index (χ4n) is 7.66. The van der Waals surface area contributed by atoms with Crippen molar-refractivity contribution in [3.8, 4) is 5.69 Å². The fourth-order valence-corrected chi connectivity index (χ4v) is 7.66. The summed E-state index contributed by atoms with van der Waals surface area (Å²) < 4.78 is 5.08. The van der Waals surface area contributed by atoms with Crippen LogP contribution in [0.5, 0.6) is 0 Å². The van der Waals surface area contributed by atoms with Gasteiger partial charge in [-0.15, -0.1) is 0 Å². The third-order valence-corrected chi connectivity index (χ3v) is 9.54. The van der Waals surface area contributed by atoms with Crippen LogP contribution in [0.1, 0.15) is 6.42 Å². The molecule has 2 aliphatic rings. The van der Waals surface area contributed by atoms with Gasteiger partial charge in [-0.25, -0.2) is 0 Å². The molecule has 2 aliphatic carbocycles. The third-order valence-electron chi connectivity index (χ3n) is 9.54. The molecule has 0 aliphatic heterocycles. The highest BCUT2D eigenvalue weighted by atomic mass is 15.0. The standard InChI is InChI=1S/C39H26N2/c1-3-13-27-24(10-1)12-9-19-34(27)40-35-17-7-5-15-29(35)32-23-38-33(22-37(32)40)30-16-6-8-18-36(30)41(38)39-28-14-4-2-11-25(28)20-26-21-31(26)39/h1-20,22-23,26,31H,21H2. The maximum Gasteiger partial charge on any atom is 0.0549 e. The van der Waals surface area contributed by atoms with Crippen molar-refractivity contribution >= 4 is 66.2 Å². The number of hydrogen-bond acceptors (Lipinski definition) is 0. The van der Waals surface area contributed by atoms with E-state index in [1.54, 1.807) is 0 Å². The molecule has 2 heterocycles. The lowest BCUT2D eigenvalue weighted by Gasteiger charge is -2.16. The molecule has 0 radical (unpaired) electrons. The number of aromatic nitrogens is 2. The highest BCUT2D eigenvalue weighted by Gasteiger charge is 2.42. The minimum absolute atomic E-state index is 0.580. The zero-order valence-electron chi connectivity index (χ0n) is 22.5. The van der Waals surface area contributed by atoms with Gasteiger partial charge in [-0.2, -0.15) is 0 Å². The first-order valence-corrected chi connectivity index (χ1v) is 14.6. The van der Waals surface area contributed by atoms with Gasteiger partial charge in [0.2, 0.25) is 0 Å². The molecule has 2 aromatic heterocycles. The topological polar surface area (TPSA) is 9.86 Å². The van der Waals surface area contributed by atoms with E-state index in [9.17, 15) is 0 Å². The Morgan fingerprint density at radius 3 is 1.90 bits per heavy atom. The molecule has 0 saturated heterocycles. The van der Waals surface area contributed by atoms with Gasteiger partial charge in [-0.05, 0) is 53.3 Å². The van der Waals surface area contributed by atoms with Crippen molar-refractivity contribution in [1.29, 1.82) is 0 Å². The molecule has 0 N–H and O–H groups in total. The molecule has 6 aromatic carbocycles. The molecule has 2 nitrogen and oxygen atoms in total. The monoisotopic (exact) mass is 522 g/mol. The predicted molar refractivity (Wildman–Crippen MR) is 172 cm³/mol. The van der Waals surface area contributed by atoms with Gasteiger partial charge in [-0.3, -0.25) is 0 Å². The van der Waals surface area contributed by atoms with Crippen LogP contribution in [0.3, 0.4) is 0 Å². The molecule has 2 atom stereocenters. The Morgan fingerprint density at radius 2 is 1.10 bits per heavy atom. The van der Waals surface area contributed by atoms with E-state index in [-0.39, 0.29) is 0 Å². The molecule has 1 fully saturated rings. The van der Waals surface area contributed by atoms with Gasteiger partial charge >= 0.3 is 0 Å². The molecule has 0 spiro atoms. The van der Waals surface area contributed by atoms with E-state index in [0.717, 1.165) is 0 Å². The normalized spacial score (nSPS) is 17.8. The van der Waals surface area contributed by atoms with Crippen LogP contribution in [0.25, 0.3) is 71.8 Å². The Labute approximate surface area is 236 Å². The van der Waals surface area contributed by atoms with Crippen molar-refractivity contribution in [2.75, 3.05) is 0 Å². The van der Waals surface area contributed by atoms with Crippen LogP contribution in [0.15, 0.2) is 127 Å². The van der Waals surface area contributed by atoms with Crippen molar-refractivity contribution in [2.24, 2.45) is 11.8 Å². The summed E-state index contributed by atoms with van der Waals surface area (Å²) in [5.41, 5.74) is 7.80. The molecule has 8 aromatic rings. The van der Waals surface area contributed by atoms with E-state index in [1.807, 2.05) is 0 Å². The van der Waals surface area contributed by atoms with Crippen molar-refractivity contribution in [3.05, 3.63) is 138 Å². The van der Waals surface area contributed by atoms with Crippen molar-refractivity contribution in [1.82, 2.24) is 9.13 Å². The summed E-state index contributed by atoms with van der Waals surface area (Å²) in [7, 11) is 0. The summed E-state index contributed by atoms with van der Waals surface area (Å²) >= 11 is 0. The van der Waals surface area contributed by atoms with Crippen LogP contribution >= 0.6 is 0 Å². The molecule has 0 amide bonds. The van der Waals surface area contributed by atoms with Gasteiger partial charge in [-0.1, -0.05) is 103 Å². The van der Waals surface area contributed by atoms with E-state index < -0.39 is 0 Å². The van der Waals surface area contributed by atoms with Crippen LogP contribution < -0.4 is 10.4 Å². The van der Waals surface area contributed by atoms with Gasteiger partial charge in [0.25, 0.3) is 0 Å². The number of fused-ring (bicyclic) bond motifs is 9. The Hall–Kier alpha value is -5.08. The van der Waals surface area contributed by atoms with E-state index in [1.165, 1.54) is 82.6 Å². The number of para-hydroxylation sites is 2. The van der Waals surface area contributed by atoms with Crippen LogP contribution in [0.2, 0.25) is 0 Å². The van der Waals surface area contributed by atoms with Gasteiger partial charge in [0, 0.05) is 43.8 Å². The minimum atomic E-state index is 0.580. The van der Waals surface area contributed by atoms with Gasteiger partial charge < -0.3 is 9.13 Å². The lowest BCUT2D eigenvalue weighted by Crippen LogP contribution is -2.32. The van der Waals surface area contributed by atoms with Crippen molar-refractivity contribution < 1.29 is 0 Å². The molecule has 192 valence electrons. The highest BCUT2D eigenvalue weighted by Crippen LogP contribution is 2.49. The number of benzene rings is 6. The Kier molecular flexibility index (Phi) is 4.11. The molecule has 2 heteroatoms. The average Bonchev–Trinajstić information content (AvgIpc) is 3.64. The quantitative estimate of drug-likeness (QED) is 0.217. The second-order valence-corrected chi connectivity index (χ2v) is 11.7. The second-order valence-electron chi connectivity index (χ2n) is 11.7. The maximum atomic E-state index is 2.60. The maximum absolute atomic E-state index is 2.60. The molecule has 10 rings (SSSR count). The van der Waals surface area contributed by atoms with Gasteiger partial charge in [0.05, 0.1) is 27.8 Å². The lowest BCUT2D eigenvalue weighted by atomic mass is 10.0. The Balaban J connectivity index is 1.40. The van der Waals surface area contributed by atoms with Crippen LogP contribution in [0.4, 0.5) is 0 Å². The summed E-state index contributed by atoms with van der Waals surface area (Å²) in [4.78, 5) is 0. The largest absolute Gasteiger partial charge is 0.312 e.